The Morgan fingerprint density at radius 2 is 1.73 bits per heavy atom. The van der Waals surface area contributed by atoms with Gasteiger partial charge in [0.1, 0.15) is 11.9 Å². The van der Waals surface area contributed by atoms with E-state index in [0.717, 1.165) is 5.56 Å². The number of hydrogen-bond donors (Lipinski definition) is 2. The van der Waals surface area contributed by atoms with Crippen LogP contribution in [0.15, 0.2) is 60.7 Å². The molecule has 0 saturated carbocycles. The van der Waals surface area contributed by atoms with E-state index in [0.29, 0.717) is 11.3 Å². The average Bonchev–Trinajstić information content (AvgIpc) is 3.08. The third kappa shape index (κ3) is 3.91. The molecule has 0 spiro atoms. The second kappa shape index (κ2) is 7.82. The van der Waals surface area contributed by atoms with Crippen LogP contribution in [0.5, 0.6) is 0 Å². The lowest BCUT2D eigenvalue weighted by atomic mass is 10.0. The normalized spacial score (nSPS) is 16.1. The van der Waals surface area contributed by atoms with Gasteiger partial charge in [-0.25, -0.2) is 9.40 Å². The van der Waals surface area contributed by atoms with Crippen molar-refractivity contribution in [2.24, 2.45) is 0 Å². The molecule has 5 nitrogen and oxygen atoms in total. The molecule has 134 valence electrons. The summed E-state index contributed by atoms with van der Waals surface area (Å²) >= 11 is 0. The topological polar surface area (TPSA) is 69.6 Å². The lowest BCUT2D eigenvalue weighted by molar-refractivity contribution is -0.137. The number of carbonyl (C=O) groups is 2. The molecule has 0 saturated heterocycles. The molecule has 0 unspecified atom stereocenters. The highest BCUT2D eigenvalue weighted by Gasteiger charge is 2.31. The van der Waals surface area contributed by atoms with E-state index in [2.05, 4.69) is 5.43 Å². The lowest BCUT2D eigenvalue weighted by Gasteiger charge is -2.25. The fourth-order valence-electron chi connectivity index (χ4n) is 2.92. The molecule has 0 bridgehead atoms. The standard InChI is InChI=1S/C20H19FN2O3/c21-16-10-5-4-9-15(16)18-13-17(14-7-2-1-3-8-14)22-23(18)19(24)11-6-12-20(25)26/h1-5,7-10,13,18,22H,6,11-12H2,(H,25,26)/t18-/m1/s1. The molecule has 0 aromatic heterocycles. The molecule has 2 aromatic rings. The van der Waals surface area contributed by atoms with Crippen LogP contribution >= 0.6 is 0 Å². The molecule has 26 heavy (non-hydrogen) atoms. The van der Waals surface area contributed by atoms with Crippen LogP contribution in [0.1, 0.15) is 36.4 Å². The minimum atomic E-state index is -0.944. The van der Waals surface area contributed by atoms with Crippen molar-refractivity contribution in [3.63, 3.8) is 0 Å². The molecule has 0 aliphatic carbocycles. The highest BCUT2D eigenvalue weighted by atomic mass is 19.1. The minimum absolute atomic E-state index is 0.0696. The molecule has 1 heterocycles. The molecule has 6 heteroatoms. The summed E-state index contributed by atoms with van der Waals surface area (Å²) in [5.74, 6) is -1.61. The Kier molecular flexibility index (Phi) is 5.31. The van der Waals surface area contributed by atoms with Gasteiger partial charge in [0.25, 0.3) is 0 Å². The van der Waals surface area contributed by atoms with Crippen LogP contribution in [0.25, 0.3) is 5.70 Å². The van der Waals surface area contributed by atoms with Gasteiger partial charge in [0.15, 0.2) is 0 Å². The van der Waals surface area contributed by atoms with Gasteiger partial charge in [-0.05, 0) is 24.1 Å². The summed E-state index contributed by atoms with van der Waals surface area (Å²) in [6, 6.07) is 15.2. The summed E-state index contributed by atoms with van der Waals surface area (Å²) in [6.07, 6.45) is 2.03. The highest BCUT2D eigenvalue weighted by Crippen LogP contribution is 2.33. The van der Waals surface area contributed by atoms with E-state index in [1.807, 2.05) is 36.4 Å². The SMILES string of the molecule is O=C(O)CCCC(=O)N1NC(c2ccccc2)=C[C@@H]1c1ccccc1F. The second-order valence-corrected chi connectivity index (χ2v) is 6.04. The number of carboxylic acid groups (broad SMARTS) is 1. The zero-order valence-corrected chi connectivity index (χ0v) is 14.1. The first-order chi connectivity index (χ1) is 12.6. The number of carboxylic acids is 1. The van der Waals surface area contributed by atoms with Crippen LogP contribution in [0.2, 0.25) is 0 Å². The van der Waals surface area contributed by atoms with E-state index in [9.17, 15) is 14.0 Å². The van der Waals surface area contributed by atoms with Gasteiger partial charge in [0.05, 0.1) is 5.70 Å². The van der Waals surface area contributed by atoms with Gasteiger partial charge in [0, 0.05) is 18.4 Å². The molecule has 2 aromatic carbocycles. The number of amides is 1. The Morgan fingerprint density at radius 1 is 1.04 bits per heavy atom. The number of hydrazine groups is 1. The van der Waals surface area contributed by atoms with Crippen molar-refractivity contribution < 1.29 is 19.1 Å². The van der Waals surface area contributed by atoms with Crippen molar-refractivity contribution in [1.82, 2.24) is 10.4 Å². The van der Waals surface area contributed by atoms with Crippen LogP contribution in [0, 0.1) is 5.82 Å². The Labute approximate surface area is 150 Å². The maximum Gasteiger partial charge on any atom is 0.303 e. The first-order valence-electron chi connectivity index (χ1n) is 8.38. The van der Waals surface area contributed by atoms with Gasteiger partial charge in [-0.2, -0.15) is 0 Å². The first kappa shape index (κ1) is 17.7. The zero-order chi connectivity index (χ0) is 18.5. The van der Waals surface area contributed by atoms with E-state index >= 15 is 0 Å². The second-order valence-electron chi connectivity index (χ2n) is 6.04. The zero-order valence-electron chi connectivity index (χ0n) is 14.1. The Morgan fingerprint density at radius 3 is 2.42 bits per heavy atom. The molecular formula is C20H19FN2O3. The number of nitrogens with zero attached hydrogens (tertiary/aromatic N) is 1. The van der Waals surface area contributed by atoms with Crippen LogP contribution in [0.4, 0.5) is 4.39 Å². The number of halogens is 1. The molecule has 1 amide bonds. The smallest absolute Gasteiger partial charge is 0.303 e. The third-order valence-electron chi connectivity index (χ3n) is 4.20. The summed E-state index contributed by atoms with van der Waals surface area (Å²) in [7, 11) is 0. The molecule has 1 aliphatic rings. The maximum absolute atomic E-state index is 14.3. The van der Waals surface area contributed by atoms with Gasteiger partial charge in [0.2, 0.25) is 5.91 Å². The monoisotopic (exact) mass is 354 g/mol. The van der Waals surface area contributed by atoms with Gasteiger partial charge in [-0.1, -0.05) is 48.5 Å². The highest BCUT2D eigenvalue weighted by molar-refractivity contribution is 5.81. The van der Waals surface area contributed by atoms with E-state index in [4.69, 9.17) is 5.11 Å². The summed E-state index contributed by atoms with van der Waals surface area (Å²) in [6.45, 7) is 0. The van der Waals surface area contributed by atoms with Crippen molar-refractivity contribution in [3.8, 4) is 0 Å². The fourth-order valence-corrected chi connectivity index (χ4v) is 2.92. The molecule has 3 rings (SSSR count). The van der Waals surface area contributed by atoms with Gasteiger partial charge in [-0.15, -0.1) is 0 Å². The summed E-state index contributed by atoms with van der Waals surface area (Å²) in [5.41, 5.74) is 5.04. The number of hydrogen-bond acceptors (Lipinski definition) is 3. The van der Waals surface area contributed by atoms with Crippen LogP contribution in [-0.2, 0) is 9.59 Å². The van der Waals surface area contributed by atoms with Crippen molar-refractivity contribution in [2.45, 2.75) is 25.3 Å². The molecule has 1 atom stereocenters. The van der Waals surface area contributed by atoms with E-state index in [1.54, 1.807) is 18.2 Å². The Hall–Kier alpha value is -3.15. The predicted octanol–water partition coefficient (Wildman–Crippen LogP) is 3.51. The molecule has 0 fully saturated rings. The number of rotatable bonds is 6. The molecular weight excluding hydrogens is 335 g/mol. The van der Waals surface area contributed by atoms with Crippen molar-refractivity contribution in [2.75, 3.05) is 0 Å². The average molecular weight is 354 g/mol. The number of carbonyl (C=O) groups excluding carboxylic acids is 1. The van der Waals surface area contributed by atoms with Crippen molar-refractivity contribution in [1.29, 1.82) is 0 Å². The molecule has 2 N–H and O–H groups in total. The van der Waals surface area contributed by atoms with Crippen LogP contribution in [-0.4, -0.2) is 22.0 Å². The summed E-state index contributed by atoms with van der Waals surface area (Å²) in [4.78, 5) is 23.3. The summed E-state index contributed by atoms with van der Waals surface area (Å²) in [5, 5.41) is 10.1. The van der Waals surface area contributed by atoms with Gasteiger partial charge >= 0.3 is 5.97 Å². The Balaban J connectivity index is 1.86. The van der Waals surface area contributed by atoms with Gasteiger partial charge in [-0.3, -0.25) is 15.0 Å². The quantitative estimate of drug-likeness (QED) is 0.833. The van der Waals surface area contributed by atoms with Crippen LogP contribution in [0.3, 0.4) is 0 Å². The lowest BCUT2D eigenvalue weighted by Crippen LogP contribution is -2.39. The fraction of sp³-hybridized carbons (Fsp3) is 0.200. The van der Waals surface area contributed by atoms with Crippen molar-refractivity contribution in [3.05, 3.63) is 77.6 Å². The first-order valence-corrected chi connectivity index (χ1v) is 8.38. The van der Waals surface area contributed by atoms with Crippen LogP contribution < -0.4 is 5.43 Å². The predicted molar refractivity (Wildman–Crippen MR) is 95.0 cm³/mol. The van der Waals surface area contributed by atoms with Gasteiger partial charge < -0.3 is 5.11 Å². The molecule has 1 aliphatic heterocycles. The Bertz CT molecular complexity index is 836. The van der Waals surface area contributed by atoms with E-state index in [1.165, 1.54) is 11.1 Å². The third-order valence-corrected chi connectivity index (χ3v) is 4.20. The van der Waals surface area contributed by atoms with Crippen molar-refractivity contribution >= 4 is 17.6 Å². The van der Waals surface area contributed by atoms with E-state index < -0.39 is 17.8 Å². The number of aliphatic carboxylic acids is 1. The number of benzene rings is 2. The van der Waals surface area contributed by atoms with E-state index in [-0.39, 0.29) is 25.2 Å². The molecule has 0 radical (unpaired) electrons. The number of nitrogens with one attached hydrogen (secondary N) is 1. The minimum Gasteiger partial charge on any atom is -0.481 e. The largest absolute Gasteiger partial charge is 0.481 e. The summed E-state index contributed by atoms with van der Waals surface area (Å²) < 4.78 is 14.3. The maximum atomic E-state index is 14.3.